The first-order valence-corrected chi connectivity index (χ1v) is 8.03. The van der Waals surface area contributed by atoms with Crippen LogP contribution < -0.4 is 5.32 Å². The quantitative estimate of drug-likeness (QED) is 0.721. The van der Waals surface area contributed by atoms with Gasteiger partial charge in [0.15, 0.2) is 6.04 Å². The van der Waals surface area contributed by atoms with Gasteiger partial charge >= 0.3 is 12.1 Å². The molecule has 1 heterocycles. The molecule has 0 radical (unpaired) electrons. The molecular formula is C17H22N2O6. The molecule has 0 unspecified atom stereocenters. The number of benzene rings is 1. The molecule has 1 saturated heterocycles. The lowest BCUT2D eigenvalue weighted by Crippen LogP contribution is -2.52. The molecule has 2 N–H and O–H groups in total. The predicted octanol–water partition coefficient (Wildman–Crippen LogP) is 0.438. The second kappa shape index (κ2) is 9.03. The first-order chi connectivity index (χ1) is 12.1. The maximum absolute atomic E-state index is 12.3. The fourth-order valence-corrected chi connectivity index (χ4v) is 2.65. The molecule has 2 rings (SSSR count). The molecule has 1 fully saturated rings. The summed E-state index contributed by atoms with van der Waals surface area (Å²) in [6, 6.07) is 7.34. The van der Waals surface area contributed by atoms with Gasteiger partial charge < -0.3 is 19.9 Å². The van der Waals surface area contributed by atoms with Crippen molar-refractivity contribution < 1.29 is 29.0 Å². The van der Waals surface area contributed by atoms with Crippen LogP contribution in [0.3, 0.4) is 0 Å². The zero-order valence-corrected chi connectivity index (χ0v) is 14.0. The third kappa shape index (κ3) is 4.93. The molecule has 136 valence electrons. The molecule has 0 aliphatic carbocycles. The van der Waals surface area contributed by atoms with Crippen LogP contribution in [0.5, 0.6) is 0 Å². The Kier molecular flexibility index (Phi) is 6.76. The molecule has 0 saturated carbocycles. The normalized spacial score (nSPS) is 17.7. The van der Waals surface area contributed by atoms with E-state index in [1.54, 1.807) is 0 Å². The van der Waals surface area contributed by atoms with Gasteiger partial charge in [0.05, 0.1) is 13.7 Å². The van der Waals surface area contributed by atoms with Crippen molar-refractivity contribution >= 4 is 18.0 Å². The van der Waals surface area contributed by atoms with Crippen molar-refractivity contribution in [3.05, 3.63) is 35.9 Å². The minimum Gasteiger partial charge on any atom is -0.467 e. The highest BCUT2D eigenvalue weighted by atomic mass is 16.6. The fourth-order valence-electron chi connectivity index (χ4n) is 2.65. The summed E-state index contributed by atoms with van der Waals surface area (Å²) in [6.45, 7) is -0.0662. The van der Waals surface area contributed by atoms with E-state index < -0.39 is 36.7 Å². The van der Waals surface area contributed by atoms with E-state index in [1.165, 1.54) is 12.0 Å². The summed E-state index contributed by atoms with van der Waals surface area (Å²) < 4.78 is 9.77. The minimum atomic E-state index is -1.15. The van der Waals surface area contributed by atoms with Gasteiger partial charge in [0.2, 0.25) is 5.91 Å². The van der Waals surface area contributed by atoms with Crippen molar-refractivity contribution in [1.29, 1.82) is 0 Å². The van der Waals surface area contributed by atoms with Crippen LogP contribution >= 0.6 is 0 Å². The number of hydrogen-bond acceptors (Lipinski definition) is 6. The summed E-state index contributed by atoms with van der Waals surface area (Å²) in [5.41, 5.74) is 0.849. The van der Waals surface area contributed by atoms with Crippen LogP contribution in [0.15, 0.2) is 30.3 Å². The average Bonchev–Trinajstić information content (AvgIpc) is 3.14. The molecule has 0 spiro atoms. The van der Waals surface area contributed by atoms with E-state index in [0.29, 0.717) is 19.4 Å². The Morgan fingerprint density at radius 1 is 1.32 bits per heavy atom. The van der Waals surface area contributed by atoms with Gasteiger partial charge in [0, 0.05) is 6.54 Å². The van der Waals surface area contributed by atoms with E-state index in [-0.39, 0.29) is 6.61 Å². The van der Waals surface area contributed by atoms with Gasteiger partial charge in [0.1, 0.15) is 12.6 Å². The monoisotopic (exact) mass is 350 g/mol. The van der Waals surface area contributed by atoms with Crippen LogP contribution in [0.1, 0.15) is 18.4 Å². The number of aliphatic hydroxyl groups excluding tert-OH is 1. The second-order valence-electron chi connectivity index (χ2n) is 5.66. The Labute approximate surface area is 145 Å². The third-order valence-electron chi connectivity index (χ3n) is 3.98. The summed E-state index contributed by atoms with van der Waals surface area (Å²) in [5, 5.41) is 11.6. The van der Waals surface area contributed by atoms with Crippen LogP contribution in [0.2, 0.25) is 0 Å². The van der Waals surface area contributed by atoms with Crippen molar-refractivity contribution in [1.82, 2.24) is 10.2 Å². The number of nitrogens with one attached hydrogen (secondary N) is 1. The summed E-state index contributed by atoms with van der Waals surface area (Å²) in [6.07, 6.45) is 0.534. The smallest absolute Gasteiger partial charge is 0.410 e. The molecule has 0 aromatic heterocycles. The number of nitrogens with zero attached hydrogens (tertiary/aromatic N) is 1. The molecule has 1 aliphatic rings. The van der Waals surface area contributed by atoms with Gasteiger partial charge in [0.25, 0.3) is 0 Å². The zero-order chi connectivity index (χ0) is 18.2. The highest BCUT2D eigenvalue weighted by Gasteiger charge is 2.36. The van der Waals surface area contributed by atoms with E-state index in [9.17, 15) is 19.5 Å². The Morgan fingerprint density at radius 2 is 2.04 bits per heavy atom. The van der Waals surface area contributed by atoms with E-state index >= 15 is 0 Å². The van der Waals surface area contributed by atoms with Crippen molar-refractivity contribution in [3.8, 4) is 0 Å². The molecule has 2 amide bonds. The Morgan fingerprint density at radius 3 is 2.68 bits per heavy atom. The number of rotatable bonds is 6. The highest BCUT2D eigenvalue weighted by molar-refractivity contribution is 5.90. The molecule has 8 heteroatoms. The van der Waals surface area contributed by atoms with Gasteiger partial charge in [-0.2, -0.15) is 0 Å². The van der Waals surface area contributed by atoms with Gasteiger partial charge in [-0.1, -0.05) is 30.3 Å². The maximum Gasteiger partial charge on any atom is 0.410 e. The molecule has 8 nitrogen and oxygen atoms in total. The number of carbonyl (C=O) groups excluding carboxylic acids is 3. The van der Waals surface area contributed by atoms with Gasteiger partial charge in [-0.05, 0) is 18.4 Å². The zero-order valence-electron chi connectivity index (χ0n) is 14.0. The molecular weight excluding hydrogens is 328 g/mol. The second-order valence-corrected chi connectivity index (χ2v) is 5.66. The van der Waals surface area contributed by atoms with Crippen molar-refractivity contribution in [2.45, 2.75) is 31.5 Å². The lowest BCUT2D eigenvalue weighted by Gasteiger charge is -2.24. The predicted molar refractivity (Wildman–Crippen MR) is 87.4 cm³/mol. The molecule has 0 bridgehead atoms. The number of methoxy groups -OCH3 is 1. The van der Waals surface area contributed by atoms with E-state index in [2.05, 4.69) is 10.1 Å². The van der Waals surface area contributed by atoms with Crippen molar-refractivity contribution in [2.24, 2.45) is 0 Å². The van der Waals surface area contributed by atoms with E-state index in [1.807, 2.05) is 30.3 Å². The summed E-state index contributed by atoms with van der Waals surface area (Å²) in [7, 11) is 1.17. The molecule has 1 aliphatic heterocycles. The Hall–Kier alpha value is -2.61. The minimum absolute atomic E-state index is 0.117. The number of aliphatic hydroxyl groups is 1. The molecule has 1 aromatic rings. The average molecular weight is 350 g/mol. The number of hydrogen-bond donors (Lipinski definition) is 2. The lowest BCUT2D eigenvalue weighted by molar-refractivity contribution is -0.146. The van der Waals surface area contributed by atoms with Gasteiger partial charge in [-0.3, -0.25) is 9.69 Å². The molecule has 1 aromatic carbocycles. The van der Waals surface area contributed by atoms with Crippen LogP contribution in [0.25, 0.3) is 0 Å². The summed E-state index contributed by atoms with van der Waals surface area (Å²) >= 11 is 0. The van der Waals surface area contributed by atoms with E-state index in [4.69, 9.17) is 4.74 Å². The Bertz CT molecular complexity index is 606. The standard InChI is InChI=1S/C17H22N2O6/c1-24-16(22)13(10-20)18-15(21)14-8-5-9-19(14)17(23)25-11-12-6-3-2-4-7-12/h2-4,6-7,13-14,20H,5,8-11H2,1H3,(H,18,21)/t13-,14-/m0/s1. The Balaban J connectivity index is 1.93. The maximum atomic E-state index is 12.3. The molecule has 2 atom stereocenters. The highest BCUT2D eigenvalue weighted by Crippen LogP contribution is 2.19. The molecule has 25 heavy (non-hydrogen) atoms. The van der Waals surface area contributed by atoms with Crippen molar-refractivity contribution in [2.75, 3.05) is 20.3 Å². The lowest BCUT2D eigenvalue weighted by atomic mass is 10.2. The number of esters is 1. The third-order valence-corrected chi connectivity index (χ3v) is 3.98. The number of carbonyl (C=O) groups is 3. The van der Waals surface area contributed by atoms with Crippen LogP contribution in [0, 0.1) is 0 Å². The van der Waals surface area contributed by atoms with E-state index in [0.717, 1.165) is 5.56 Å². The number of amides is 2. The van der Waals surface area contributed by atoms with Gasteiger partial charge in [-0.25, -0.2) is 9.59 Å². The topological polar surface area (TPSA) is 105 Å². The van der Waals surface area contributed by atoms with Crippen LogP contribution in [0.4, 0.5) is 4.79 Å². The first-order valence-electron chi connectivity index (χ1n) is 8.03. The summed E-state index contributed by atoms with van der Waals surface area (Å²) in [5.74, 6) is -1.26. The summed E-state index contributed by atoms with van der Waals surface area (Å²) in [4.78, 5) is 37.4. The van der Waals surface area contributed by atoms with Crippen LogP contribution in [-0.2, 0) is 25.7 Å². The SMILES string of the molecule is COC(=O)[C@H](CO)NC(=O)[C@@H]1CCCN1C(=O)OCc1ccccc1. The van der Waals surface area contributed by atoms with Crippen molar-refractivity contribution in [3.63, 3.8) is 0 Å². The fraction of sp³-hybridized carbons (Fsp3) is 0.471. The number of ether oxygens (including phenoxy) is 2. The first kappa shape index (κ1) is 18.7. The van der Waals surface area contributed by atoms with Gasteiger partial charge in [-0.15, -0.1) is 0 Å². The number of likely N-dealkylation sites (tertiary alicyclic amines) is 1. The van der Waals surface area contributed by atoms with Crippen LogP contribution in [-0.4, -0.2) is 60.3 Å². The largest absolute Gasteiger partial charge is 0.467 e.